The van der Waals surface area contributed by atoms with Gasteiger partial charge in [-0.15, -0.1) is 0 Å². The van der Waals surface area contributed by atoms with Gasteiger partial charge >= 0.3 is 6.18 Å². The fourth-order valence-corrected chi connectivity index (χ4v) is 3.65. The van der Waals surface area contributed by atoms with E-state index in [1.165, 1.54) is 13.0 Å². The number of anilines is 1. The first-order valence-corrected chi connectivity index (χ1v) is 8.44. The van der Waals surface area contributed by atoms with Gasteiger partial charge in [0.15, 0.2) is 0 Å². The predicted molar refractivity (Wildman–Crippen MR) is 81.1 cm³/mol. The predicted octanol–water partition coefficient (Wildman–Crippen LogP) is 4.72. The molecule has 23 heavy (non-hydrogen) atoms. The Hall–Kier alpha value is -1.61. The van der Waals surface area contributed by atoms with E-state index in [1.807, 2.05) is 4.72 Å². The Morgan fingerprint density at radius 1 is 1.09 bits per heavy atom. The summed E-state index contributed by atoms with van der Waals surface area (Å²) in [7, 11) is -4.24. The maximum absolute atomic E-state index is 13.3. The van der Waals surface area contributed by atoms with Crippen LogP contribution in [0.1, 0.15) is 11.1 Å². The van der Waals surface area contributed by atoms with Crippen molar-refractivity contribution in [1.82, 2.24) is 0 Å². The minimum atomic E-state index is -4.62. The maximum Gasteiger partial charge on any atom is 0.416 e. The summed E-state index contributed by atoms with van der Waals surface area (Å²) in [5.41, 5.74) is -1.03. The lowest BCUT2D eigenvalue weighted by Crippen LogP contribution is -2.16. The van der Waals surface area contributed by atoms with Gasteiger partial charge in [0.05, 0.1) is 16.1 Å². The molecule has 2 aromatic carbocycles. The van der Waals surface area contributed by atoms with Crippen LogP contribution >= 0.6 is 15.9 Å². The highest BCUT2D eigenvalue weighted by Crippen LogP contribution is 2.35. The lowest BCUT2D eigenvalue weighted by atomic mass is 10.2. The molecule has 0 atom stereocenters. The molecule has 124 valence electrons. The van der Waals surface area contributed by atoms with Gasteiger partial charge in [0.1, 0.15) is 5.82 Å². The van der Waals surface area contributed by atoms with Gasteiger partial charge in [0.2, 0.25) is 0 Å². The molecule has 0 heterocycles. The van der Waals surface area contributed by atoms with Gasteiger partial charge < -0.3 is 0 Å². The van der Waals surface area contributed by atoms with Crippen molar-refractivity contribution < 1.29 is 26.0 Å². The summed E-state index contributed by atoms with van der Waals surface area (Å²) in [6.07, 6.45) is -4.62. The molecule has 0 radical (unpaired) electrons. The van der Waals surface area contributed by atoms with Crippen LogP contribution in [-0.4, -0.2) is 8.42 Å². The van der Waals surface area contributed by atoms with Gasteiger partial charge in [-0.2, -0.15) is 13.2 Å². The van der Waals surface area contributed by atoms with Crippen molar-refractivity contribution in [2.24, 2.45) is 0 Å². The van der Waals surface area contributed by atoms with Crippen molar-refractivity contribution in [2.75, 3.05) is 4.72 Å². The summed E-state index contributed by atoms with van der Waals surface area (Å²) in [6, 6.07) is 5.73. The molecular formula is C14H10BrF4NO2S. The molecule has 3 nitrogen and oxygen atoms in total. The third-order valence-electron chi connectivity index (χ3n) is 2.98. The summed E-state index contributed by atoms with van der Waals surface area (Å²) in [5.74, 6) is -0.765. The Morgan fingerprint density at radius 3 is 2.35 bits per heavy atom. The number of benzene rings is 2. The molecule has 0 bridgehead atoms. The molecule has 0 saturated carbocycles. The van der Waals surface area contributed by atoms with Crippen LogP contribution in [0.2, 0.25) is 0 Å². The van der Waals surface area contributed by atoms with E-state index in [9.17, 15) is 26.0 Å². The number of sulfonamides is 1. The minimum Gasteiger partial charge on any atom is -0.278 e. The van der Waals surface area contributed by atoms with Crippen molar-refractivity contribution in [2.45, 2.75) is 18.0 Å². The third kappa shape index (κ3) is 4.03. The van der Waals surface area contributed by atoms with Crippen molar-refractivity contribution in [1.29, 1.82) is 0 Å². The molecule has 9 heteroatoms. The Balaban J connectivity index is 2.47. The second-order valence-corrected chi connectivity index (χ2v) is 7.21. The second-order valence-electron chi connectivity index (χ2n) is 4.71. The van der Waals surface area contributed by atoms with Crippen LogP contribution in [0.4, 0.5) is 23.2 Å². The first kappa shape index (κ1) is 17.7. The standard InChI is InChI=1S/C14H10BrF4NO2S/c1-8-2-4-10(16)7-13(8)23(21,22)20-12-6-9(14(17,18)19)3-5-11(12)15/h2-7,20H,1H3. The molecule has 0 unspecified atom stereocenters. The van der Waals surface area contributed by atoms with Gasteiger partial charge in [-0.05, 0) is 58.7 Å². The van der Waals surface area contributed by atoms with Crippen molar-refractivity contribution in [3.8, 4) is 0 Å². The molecule has 0 saturated heterocycles. The monoisotopic (exact) mass is 411 g/mol. The fourth-order valence-electron chi connectivity index (χ4n) is 1.84. The number of aryl methyl sites for hydroxylation is 1. The molecule has 0 spiro atoms. The van der Waals surface area contributed by atoms with Gasteiger partial charge in [-0.3, -0.25) is 4.72 Å². The summed E-state index contributed by atoms with van der Waals surface area (Å²) < 4.78 is 78.2. The molecule has 0 fully saturated rings. The van der Waals surface area contributed by atoms with E-state index in [0.717, 1.165) is 24.3 Å². The molecule has 0 aliphatic carbocycles. The van der Waals surface area contributed by atoms with Gasteiger partial charge in [-0.1, -0.05) is 6.07 Å². The van der Waals surface area contributed by atoms with Crippen molar-refractivity contribution >= 4 is 31.6 Å². The Kier molecular flexibility index (Phi) is 4.72. The average Bonchev–Trinajstić information content (AvgIpc) is 2.42. The molecular weight excluding hydrogens is 402 g/mol. The highest BCUT2D eigenvalue weighted by Gasteiger charge is 2.31. The highest BCUT2D eigenvalue weighted by molar-refractivity contribution is 9.10. The van der Waals surface area contributed by atoms with Gasteiger partial charge in [0.25, 0.3) is 10.0 Å². The Morgan fingerprint density at radius 2 is 1.74 bits per heavy atom. The van der Waals surface area contributed by atoms with Crippen LogP contribution in [0.25, 0.3) is 0 Å². The zero-order valence-electron chi connectivity index (χ0n) is 11.6. The van der Waals surface area contributed by atoms with Gasteiger partial charge in [-0.25, -0.2) is 12.8 Å². The average molecular weight is 412 g/mol. The Labute approximate surface area is 138 Å². The summed E-state index contributed by atoms with van der Waals surface area (Å²) >= 11 is 2.99. The SMILES string of the molecule is Cc1ccc(F)cc1S(=O)(=O)Nc1cc(C(F)(F)F)ccc1Br. The van der Waals surface area contributed by atoms with Crippen LogP contribution in [0, 0.1) is 12.7 Å². The van der Waals surface area contributed by atoms with Crippen molar-refractivity contribution in [3.05, 3.63) is 57.8 Å². The van der Waals surface area contributed by atoms with Crippen LogP contribution in [-0.2, 0) is 16.2 Å². The van der Waals surface area contributed by atoms with Crippen LogP contribution in [0.3, 0.4) is 0 Å². The molecule has 0 aliphatic rings. The zero-order chi connectivity index (χ0) is 17.4. The topological polar surface area (TPSA) is 46.2 Å². The molecule has 0 aromatic heterocycles. The van der Waals surface area contributed by atoms with E-state index in [1.54, 1.807) is 0 Å². The van der Waals surface area contributed by atoms with E-state index in [0.29, 0.717) is 6.07 Å². The first-order valence-electron chi connectivity index (χ1n) is 6.16. The quantitative estimate of drug-likeness (QED) is 0.742. The third-order valence-corrected chi connectivity index (χ3v) is 5.18. The second kappa shape index (κ2) is 6.12. The van der Waals surface area contributed by atoms with E-state index in [2.05, 4.69) is 15.9 Å². The molecule has 1 N–H and O–H groups in total. The molecule has 0 amide bonds. The van der Waals surface area contributed by atoms with Crippen LogP contribution < -0.4 is 4.72 Å². The molecule has 0 aliphatic heterocycles. The number of halogens is 5. The zero-order valence-corrected chi connectivity index (χ0v) is 14.0. The van der Waals surface area contributed by atoms with Crippen LogP contribution in [0.5, 0.6) is 0 Å². The number of nitrogens with one attached hydrogen (secondary N) is 1. The van der Waals surface area contributed by atoms with E-state index in [-0.39, 0.29) is 20.6 Å². The molecule has 2 rings (SSSR count). The summed E-state index contributed by atoms with van der Waals surface area (Å²) in [5, 5.41) is 0. The van der Waals surface area contributed by atoms with Crippen molar-refractivity contribution in [3.63, 3.8) is 0 Å². The highest BCUT2D eigenvalue weighted by atomic mass is 79.9. The lowest BCUT2D eigenvalue weighted by molar-refractivity contribution is -0.137. The largest absolute Gasteiger partial charge is 0.416 e. The van der Waals surface area contributed by atoms with E-state index in [4.69, 9.17) is 0 Å². The van der Waals surface area contributed by atoms with E-state index < -0.39 is 27.6 Å². The number of alkyl halides is 3. The van der Waals surface area contributed by atoms with Gasteiger partial charge in [0, 0.05) is 4.47 Å². The maximum atomic E-state index is 13.3. The number of rotatable bonds is 3. The Bertz CT molecular complexity index is 850. The summed E-state index contributed by atoms with van der Waals surface area (Å²) in [6.45, 7) is 1.45. The normalized spacial score (nSPS) is 12.3. The smallest absolute Gasteiger partial charge is 0.278 e. The van der Waals surface area contributed by atoms with Crippen LogP contribution in [0.15, 0.2) is 45.8 Å². The fraction of sp³-hybridized carbons (Fsp3) is 0.143. The summed E-state index contributed by atoms with van der Waals surface area (Å²) in [4.78, 5) is -0.346. The first-order chi connectivity index (χ1) is 10.5. The molecule has 2 aromatic rings. The number of hydrogen-bond donors (Lipinski definition) is 1. The van der Waals surface area contributed by atoms with E-state index >= 15 is 0 Å². The minimum absolute atomic E-state index is 0.128. The number of hydrogen-bond acceptors (Lipinski definition) is 2. The lowest BCUT2D eigenvalue weighted by Gasteiger charge is -2.14.